The molecule has 2 aromatic rings. The molecule has 19 heavy (non-hydrogen) atoms. The van der Waals surface area contributed by atoms with Crippen molar-refractivity contribution in [1.82, 2.24) is 0 Å². The second-order valence-electron chi connectivity index (χ2n) is 3.86. The molecule has 0 heterocycles. The Hall–Kier alpha value is -1.84. The first-order chi connectivity index (χ1) is 8.81. The van der Waals surface area contributed by atoms with Gasteiger partial charge in [0.2, 0.25) is 0 Å². The molecule has 0 aliphatic rings. The van der Waals surface area contributed by atoms with E-state index in [-0.39, 0.29) is 18.2 Å². The minimum atomic E-state index is -0.00574. The molecule has 0 fully saturated rings. The number of hydrogen-bond donors (Lipinski definition) is 1. The zero-order valence-electron chi connectivity index (χ0n) is 10.4. The Balaban J connectivity index is 0.00000180. The maximum absolute atomic E-state index is 12.2. The number of hydrogen-bond acceptors (Lipinski definition) is 3. The fourth-order valence-electron chi connectivity index (χ4n) is 1.66. The quantitative estimate of drug-likeness (QED) is 0.855. The van der Waals surface area contributed by atoms with Gasteiger partial charge >= 0.3 is 0 Å². The van der Waals surface area contributed by atoms with E-state index in [4.69, 9.17) is 10.5 Å². The molecule has 0 aliphatic heterocycles. The van der Waals surface area contributed by atoms with Crippen LogP contribution in [-0.4, -0.2) is 18.9 Å². The van der Waals surface area contributed by atoms with E-state index in [0.29, 0.717) is 30.0 Å². The van der Waals surface area contributed by atoms with E-state index < -0.39 is 0 Å². The predicted octanol–water partition coefficient (Wildman–Crippen LogP) is 2.68. The molecular weight excluding hydrogens is 262 g/mol. The first-order valence-corrected chi connectivity index (χ1v) is 5.84. The normalized spacial score (nSPS) is 9.53. The second-order valence-corrected chi connectivity index (χ2v) is 3.86. The first-order valence-electron chi connectivity index (χ1n) is 5.84. The maximum Gasteiger partial charge on any atom is 0.193 e. The molecule has 2 rings (SSSR count). The average molecular weight is 278 g/mol. The maximum atomic E-state index is 12.2. The van der Waals surface area contributed by atoms with Gasteiger partial charge in [0, 0.05) is 17.7 Å². The molecule has 100 valence electrons. The van der Waals surface area contributed by atoms with Crippen molar-refractivity contribution in [3.05, 3.63) is 65.7 Å². The lowest BCUT2D eigenvalue weighted by atomic mass is 10.0. The van der Waals surface area contributed by atoms with Crippen LogP contribution in [0.3, 0.4) is 0 Å². The van der Waals surface area contributed by atoms with Gasteiger partial charge in [0.25, 0.3) is 0 Å². The van der Waals surface area contributed by atoms with Crippen LogP contribution in [0, 0.1) is 0 Å². The van der Waals surface area contributed by atoms with Gasteiger partial charge in [0.1, 0.15) is 12.4 Å². The third kappa shape index (κ3) is 4.09. The standard InChI is InChI=1S/C15H15NO2.ClH/c16-9-10-18-14-8-4-7-13(11-14)15(17)12-5-2-1-3-6-12;/h1-8,11H,9-10,16H2;1H. The van der Waals surface area contributed by atoms with Crippen LogP contribution in [0.2, 0.25) is 0 Å². The third-order valence-electron chi connectivity index (χ3n) is 2.52. The first kappa shape index (κ1) is 15.2. The van der Waals surface area contributed by atoms with E-state index in [9.17, 15) is 4.79 Å². The summed E-state index contributed by atoms with van der Waals surface area (Å²) in [4.78, 5) is 12.2. The van der Waals surface area contributed by atoms with Gasteiger partial charge in [-0.3, -0.25) is 4.79 Å². The number of halogens is 1. The van der Waals surface area contributed by atoms with E-state index in [1.54, 1.807) is 24.3 Å². The van der Waals surface area contributed by atoms with Crippen LogP contribution < -0.4 is 10.5 Å². The molecule has 0 unspecified atom stereocenters. The Kier molecular flexibility index (Phi) is 6.06. The lowest BCUT2D eigenvalue weighted by Gasteiger charge is -2.06. The van der Waals surface area contributed by atoms with Crippen molar-refractivity contribution < 1.29 is 9.53 Å². The molecular formula is C15H16ClNO2. The summed E-state index contributed by atoms with van der Waals surface area (Å²) >= 11 is 0. The van der Waals surface area contributed by atoms with Gasteiger partial charge in [-0.1, -0.05) is 42.5 Å². The topological polar surface area (TPSA) is 52.3 Å². The average Bonchev–Trinajstić information content (AvgIpc) is 2.45. The molecule has 0 aromatic heterocycles. The van der Waals surface area contributed by atoms with Crippen molar-refractivity contribution in [3.63, 3.8) is 0 Å². The number of benzene rings is 2. The molecule has 0 aliphatic carbocycles. The zero-order chi connectivity index (χ0) is 12.8. The van der Waals surface area contributed by atoms with Crippen molar-refractivity contribution in [2.24, 2.45) is 5.73 Å². The van der Waals surface area contributed by atoms with Crippen LogP contribution in [0.15, 0.2) is 54.6 Å². The molecule has 0 saturated carbocycles. The Morgan fingerprint density at radius 1 is 1.00 bits per heavy atom. The van der Waals surface area contributed by atoms with Crippen molar-refractivity contribution in [3.8, 4) is 5.75 Å². The Morgan fingerprint density at radius 3 is 2.37 bits per heavy atom. The monoisotopic (exact) mass is 277 g/mol. The summed E-state index contributed by atoms with van der Waals surface area (Å²) in [6.07, 6.45) is 0. The largest absolute Gasteiger partial charge is 0.492 e. The summed E-state index contributed by atoms with van der Waals surface area (Å²) in [7, 11) is 0. The molecule has 2 aromatic carbocycles. The molecule has 4 heteroatoms. The summed E-state index contributed by atoms with van der Waals surface area (Å²) in [5.74, 6) is 0.663. The number of nitrogens with two attached hydrogens (primary N) is 1. The fraction of sp³-hybridized carbons (Fsp3) is 0.133. The summed E-state index contributed by atoms with van der Waals surface area (Å²) in [6, 6.07) is 16.3. The molecule has 0 amide bonds. The van der Waals surface area contributed by atoms with Crippen molar-refractivity contribution in [2.75, 3.05) is 13.2 Å². The minimum absolute atomic E-state index is 0. The Morgan fingerprint density at radius 2 is 1.68 bits per heavy atom. The van der Waals surface area contributed by atoms with Crippen LogP contribution in [0.1, 0.15) is 15.9 Å². The van der Waals surface area contributed by atoms with Crippen LogP contribution in [0.5, 0.6) is 5.75 Å². The Labute approximate surface area is 118 Å². The van der Waals surface area contributed by atoms with E-state index in [1.165, 1.54) is 0 Å². The number of carbonyl (C=O) groups excluding carboxylic acids is 1. The van der Waals surface area contributed by atoms with Crippen LogP contribution in [-0.2, 0) is 0 Å². The minimum Gasteiger partial charge on any atom is -0.492 e. The van der Waals surface area contributed by atoms with Crippen molar-refractivity contribution in [1.29, 1.82) is 0 Å². The molecule has 0 spiro atoms. The second kappa shape index (κ2) is 7.56. The van der Waals surface area contributed by atoms with E-state index in [1.807, 2.05) is 30.3 Å². The highest BCUT2D eigenvalue weighted by atomic mass is 35.5. The van der Waals surface area contributed by atoms with Gasteiger partial charge in [0.05, 0.1) is 0 Å². The SMILES string of the molecule is Cl.NCCOc1cccc(C(=O)c2ccccc2)c1. The van der Waals surface area contributed by atoms with Gasteiger partial charge in [-0.05, 0) is 12.1 Å². The third-order valence-corrected chi connectivity index (χ3v) is 2.52. The number of rotatable bonds is 5. The van der Waals surface area contributed by atoms with Crippen LogP contribution in [0.25, 0.3) is 0 Å². The predicted molar refractivity (Wildman–Crippen MR) is 78.1 cm³/mol. The summed E-state index contributed by atoms with van der Waals surface area (Å²) in [5, 5.41) is 0. The molecule has 3 nitrogen and oxygen atoms in total. The van der Waals surface area contributed by atoms with Gasteiger partial charge in [-0.25, -0.2) is 0 Å². The number of ketones is 1. The highest BCUT2D eigenvalue weighted by Gasteiger charge is 2.08. The van der Waals surface area contributed by atoms with Crippen molar-refractivity contribution >= 4 is 18.2 Å². The summed E-state index contributed by atoms with van der Waals surface area (Å²) < 4.78 is 5.40. The highest BCUT2D eigenvalue weighted by molar-refractivity contribution is 6.09. The molecule has 2 N–H and O–H groups in total. The lowest BCUT2D eigenvalue weighted by Crippen LogP contribution is -2.11. The van der Waals surface area contributed by atoms with E-state index in [0.717, 1.165) is 0 Å². The lowest BCUT2D eigenvalue weighted by molar-refractivity contribution is 0.103. The van der Waals surface area contributed by atoms with Crippen LogP contribution >= 0.6 is 12.4 Å². The fourth-order valence-corrected chi connectivity index (χ4v) is 1.66. The molecule has 0 bridgehead atoms. The molecule has 0 radical (unpaired) electrons. The van der Waals surface area contributed by atoms with Gasteiger partial charge in [-0.2, -0.15) is 0 Å². The summed E-state index contributed by atoms with van der Waals surface area (Å²) in [6.45, 7) is 0.903. The highest BCUT2D eigenvalue weighted by Crippen LogP contribution is 2.16. The smallest absolute Gasteiger partial charge is 0.193 e. The molecule has 0 saturated heterocycles. The number of ether oxygens (including phenoxy) is 1. The van der Waals surface area contributed by atoms with Gasteiger partial charge in [-0.15, -0.1) is 12.4 Å². The zero-order valence-corrected chi connectivity index (χ0v) is 11.2. The van der Waals surface area contributed by atoms with E-state index in [2.05, 4.69) is 0 Å². The van der Waals surface area contributed by atoms with Crippen LogP contribution in [0.4, 0.5) is 0 Å². The Bertz CT molecular complexity index is 529. The summed E-state index contributed by atoms with van der Waals surface area (Å²) in [5.41, 5.74) is 6.67. The van der Waals surface area contributed by atoms with Gasteiger partial charge in [0.15, 0.2) is 5.78 Å². The number of carbonyl (C=O) groups is 1. The van der Waals surface area contributed by atoms with Gasteiger partial charge < -0.3 is 10.5 Å². The van der Waals surface area contributed by atoms with Crippen molar-refractivity contribution in [2.45, 2.75) is 0 Å². The molecule has 0 atom stereocenters. The van der Waals surface area contributed by atoms with E-state index >= 15 is 0 Å².